The van der Waals surface area contributed by atoms with Crippen molar-refractivity contribution < 1.29 is 4.79 Å². The van der Waals surface area contributed by atoms with Gasteiger partial charge in [-0.05, 0) is 49.9 Å². The van der Waals surface area contributed by atoms with E-state index in [1.54, 1.807) is 0 Å². The van der Waals surface area contributed by atoms with Gasteiger partial charge in [-0.2, -0.15) is 12.6 Å². The van der Waals surface area contributed by atoms with Gasteiger partial charge in [-0.15, -0.1) is 0 Å². The highest BCUT2D eigenvalue weighted by atomic mass is 32.1. The second-order valence-corrected chi connectivity index (χ2v) is 8.15. The maximum absolute atomic E-state index is 12.4. The molecule has 1 aliphatic heterocycles. The first kappa shape index (κ1) is 21.7. The standard InChI is InChI=1S/C22H31N5OS/c1-16-5-3-9-24-20(16)13-27(14-21-17(2)6-4-10-25-21)18-7-11-26(12-8-18)22(28)19(23)15-29/h3-6,9-10,18-19,29H,7-8,11-15,23H2,1-2H3/t19-/m0/s1. The number of amides is 1. The number of aryl methyl sites for hydroxylation is 2. The van der Waals surface area contributed by atoms with E-state index in [0.717, 1.165) is 50.4 Å². The van der Waals surface area contributed by atoms with Crippen molar-refractivity contribution in [1.29, 1.82) is 0 Å². The number of likely N-dealkylation sites (tertiary alicyclic amines) is 1. The van der Waals surface area contributed by atoms with Crippen LogP contribution in [0.3, 0.4) is 0 Å². The van der Waals surface area contributed by atoms with E-state index in [9.17, 15) is 4.79 Å². The Morgan fingerprint density at radius 1 is 1.14 bits per heavy atom. The fourth-order valence-corrected chi connectivity index (χ4v) is 3.99. The number of thiol groups is 1. The molecule has 2 N–H and O–H groups in total. The molecule has 2 aromatic rings. The van der Waals surface area contributed by atoms with E-state index in [1.165, 1.54) is 11.1 Å². The minimum atomic E-state index is -0.515. The molecule has 0 unspecified atom stereocenters. The van der Waals surface area contributed by atoms with Crippen molar-refractivity contribution >= 4 is 18.5 Å². The summed E-state index contributed by atoms with van der Waals surface area (Å²) in [5.41, 5.74) is 10.5. The summed E-state index contributed by atoms with van der Waals surface area (Å²) in [5.74, 6) is 0.383. The molecule has 1 aliphatic rings. The van der Waals surface area contributed by atoms with Gasteiger partial charge in [0.25, 0.3) is 0 Å². The lowest BCUT2D eigenvalue weighted by molar-refractivity contribution is -0.133. The van der Waals surface area contributed by atoms with Crippen molar-refractivity contribution in [3.8, 4) is 0 Å². The van der Waals surface area contributed by atoms with Gasteiger partial charge in [-0.25, -0.2) is 0 Å². The Bertz CT molecular complexity index is 775. The maximum Gasteiger partial charge on any atom is 0.240 e. The molecular formula is C22H31N5OS. The summed E-state index contributed by atoms with van der Waals surface area (Å²) in [7, 11) is 0. The molecule has 29 heavy (non-hydrogen) atoms. The third kappa shape index (κ3) is 5.56. The van der Waals surface area contributed by atoms with Crippen molar-refractivity contribution in [3.63, 3.8) is 0 Å². The smallest absolute Gasteiger partial charge is 0.240 e. The van der Waals surface area contributed by atoms with E-state index in [1.807, 2.05) is 29.4 Å². The summed E-state index contributed by atoms with van der Waals surface area (Å²) in [6.07, 6.45) is 5.55. The highest BCUT2D eigenvalue weighted by Crippen LogP contribution is 2.22. The van der Waals surface area contributed by atoms with Gasteiger partial charge in [0.2, 0.25) is 5.91 Å². The van der Waals surface area contributed by atoms with E-state index < -0.39 is 6.04 Å². The number of aromatic nitrogens is 2. The van der Waals surface area contributed by atoms with Crippen LogP contribution < -0.4 is 5.73 Å². The third-order valence-electron chi connectivity index (χ3n) is 5.75. The number of pyridine rings is 2. The van der Waals surface area contributed by atoms with Crippen LogP contribution in [0.4, 0.5) is 0 Å². The molecule has 0 radical (unpaired) electrons. The van der Waals surface area contributed by atoms with Gasteiger partial charge in [0, 0.05) is 50.4 Å². The zero-order valence-electron chi connectivity index (χ0n) is 17.3. The zero-order valence-corrected chi connectivity index (χ0v) is 18.2. The average molecular weight is 414 g/mol. The predicted molar refractivity (Wildman–Crippen MR) is 119 cm³/mol. The van der Waals surface area contributed by atoms with Crippen molar-refractivity contribution in [2.45, 2.75) is 51.9 Å². The second-order valence-electron chi connectivity index (χ2n) is 7.78. The molecule has 0 aromatic carbocycles. The van der Waals surface area contributed by atoms with Gasteiger partial charge < -0.3 is 10.6 Å². The zero-order chi connectivity index (χ0) is 20.8. The molecule has 0 saturated carbocycles. The Morgan fingerprint density at radius 2 is 1.66 bits per heavy atom. The van der Waals surface area contributed by atoms with Crippen LogP contribution in [-0.4, -0.2) is 56.6 Å². The van der Waals surface area contributed by atoms with Crippen LogP contribution in [0.15, 0.2) is 36.7 Å². The van der Waals surface area contributed by atoms with Crippen molar-refractivity contribution in [2.75, 3.05) is 18.8 Å². The molecular weight excluding hydrogens is 382 g/mol. The summed E-state index contributed by atoms with van der Waals surface area (Å²) in [5, 5.41) is 0. The number of hydrogen-bond donors (Lipinski definition) is 2. The number of carbonyl (C=O) groups is 1. The molecule has 1 amide bonds. The highest BCUT2D eigenvalue weighted by molar-refractivity contribution is 7.80. The molecule has 1 fully saturated rings. The van der Waals surface area contributed by atoms with Gasteiger partial charge in [-0.1, -0.05) is 12.1 Å². The minimum Gasteiger partial charge on any atom is -0.341 e. The van der Waals surface area contributed by atoms with Crippen molar-refractivity contribution in [3.05, 3.63) is 59.2 Å². The average Bonchev–Trinajstić information content (AvgIpc) is 2.75. The van der Waals surface area contributed by atoms with Crippen molar-refractivity contribution in [2.24, 2.45) is 5.73 Å². The predicted octanol–water partition coefficient (Wildman–Crippen LogP) is 2.34. The molecule has 2 aromatic heterocycles. The largest absolute Gasteiger partial charge is 0.341 e. The minimum absolute atomic E-state index is 0.00569. The van der Waals surface area contributed by atoms with Crippen LogP contribution in [0.5, 0.6) is 0 Å². The van der Waals surface area contributed by atoms with Gasteiger partial charge in [0.1, 0.15) is 0 Å². The van der Waals surface area contributed by atoms with Crippen LogP contribution in [0.25, 0.3) is 0 Å². The highest BCUT2D eigenvalue weighted by Gasteiger charge is 2.29. The first-order valence-corrected chi connectivity index (χ1v) is 10.8. The maximum atomic E-state index is 12.4. The van der Waals surface area contributed by atoms with E-state index in [0.29, 0.717) is 11.8 Å². The molecule has 7 heteroatoms. The monoisotopic (exact) mass is 413 g/mol. The lowest BCUT2D eigenvalue weighted by atomic mass is 10.0. The number of carbonyl (C=O) groups excluding carboxylic acids is 1. The van der Waals surface area contributed by atoms with E-state index in [2.05, 4.69) is 53.5 Å². The van der Waals surface area contributed by atoms with Crippen molar-refractivity contribution in [1.82, 2.24) is 19.8 Å². The molecule has 156 valence electrons. The van der Waals surface area contributed by atoms with Crippen LogP contribution in [-0.2, 0) is 17.9 Å². The normalized spacial score (nSPS) is 16.2. The summed E-state index contributed by atoms with van der Waals surface area (Å²) < 4.78 is 0. The molecule has 3 heterocycles. The topological polar surface area (TPSA) is 75.4 Å². The quantitative estimate of drug-likeness (QED) is 0.682. The third-order valence-corrected chi connectivity index (χ3v) is 6.14. The van der Waals surface area contributed by atoms with Crippen LogP contribution >= 0.6 is 12.6 Å². The number of rotatable bonds is 7. The molecule has 0 spiro atoms. The Kier molecular flexibility index (Phi) is 7.64. The van der Waals surface area contributed by atoms with Crippen LogP contribution in [0.1, 0.15) is 35.4 Å². The van der Waals surface area contributed by atoms with Gasteiger partial charge in [-0.3, -0.25) is 19.7 Å². The fourth-order valence-electron chi connectivity index (χ4n) is 3.83. The van der Waals surface area contributed by atoms with Gasteiger partial charge >= 0.3 is 0 Å². The molecule has 1 saturated heterocycles. The van der Waals surface area contributed by atoms with E-state index in [-0.39, 0.29) is 5.91 Å². The fraction of sp³-hybridized carbons (Fsp3) is 0.500. The summed E-state index contributed by atoms with van der Waals surface area (Å²) >= 11 is 4.16. The number of hydrogen-bond acceptors (Lipinski definition) is 6. The molecule has 1 atom stereocenters. The molecule has 0 aliphatic carbocycles. The van der Waals surface area contributed by atoms with Gasteiger partial charge in [0.15, 0.2) is 0 Å². The molecule has 6 nitrogen and oxygen atoms in total. The van der Waals surface area contributed by atoms with E-state index >= 15 is 0 Å². The van der Waals surface area contributed by atoms with Crippen LogP contribution in [0, 0.1) is 13.8 Å². The second kappa shape index (κ2) is 10.2. The number of nitrogens with zero attached hydrogens (tertiary/aromatic N) is 4. The van der Waals surface area contributed by atoms with Gasteiger partial charge in [0.05, 0.1) is 17.4 Å². The summed E-state index contributed by atoms with van der Waals surface area (Å²) in [6, 6.07) is 8.01. The first-order chi connectivity index (χ1) is 14.0. The Hall–Kier alpha value is -1.96. The Morgan fingerprint density at radius 3 is 2.10 bits per heavy atom. The number of nitrogens with two attached hydrogens (primary N) is 1. The molecule has 3 rings (SSSR count). The lowest BCUT2D eigenvalue weighted by Crippen LogP contribution is -2.51. The summed E-state index contributed by atoms with van der Waals surface area (Å²) in [4.78, 5) is 25.9. The van der Waals surface area contributed by atoms with Crippen LogP contribution in [0.2, 0.25) is 0 Å². The SMILES string of the molecule is Cc1cccnc1CN(Cc1ncccc1C)C1CCN(C(=O)[C@@H](N)CS)CC1. The van der Waals surface area contributed by atoms with E-state index in [4.69, 9.17) is 5.73 Å². The lowest BCUT2D eigenvalue weighted by Gasteiger charge is -2.39. The Balaban J connectivity index is 1.74. The molecule has 0 bridgehead atoms. The summed E-state index contributed by atoms with van der Waals surface area (Å²) in [6.45, 7) is 7.21. The Labute approximate surface area is 178 Å². The first-order valence-electron chi connectivity index (χ1n) is 10.2. The number of piperidine rings is 1.